The molecule has 2 nitrogen and oxygen atoms in total. The van der Waals surface area contributed by atoms with Gasteiger partial charge in [0.1, 0.15) is 0 Å². The van der Waals surface area contributed by atoms with Gasteiger partial charge < -0.3 is 0 Å². The van der Waals surface area contributed by atoms with Crippen molar-refractivity contribution in [2.45, 2.75) is 51.9 Å². The van der Waals surface area contributed by atoms with Gasteiger partial charge in [0.15, 0.2) is 4.73 Å². The van der Waals surface area contributed by atoms with Crippen molar-refractivity contribution in [1.82, 2.24) is 9.97 Å². The molecule has 0 aliphatic heterocycles. The third-order valence-electron chi connectivity index (χ3n) is 2.47. The molecule has 0 amide bonds. The molecule has 0 unspecified atom stereocenters. The zero-order valence-electron chi connectivity index (χ0n) is 9.38. The summed E-state index contributed by atoms with van der Waals surface area (Å²) in [5, 5.41) is 0. The predicted molar refractivity (Wildman–Crippen MR) is 66.8 cm³/mol. The van der Waals surface area contributed by atoms with Gasteiger partial charge >= 0.3 is 0 Å². The number of aromatic nitrogens is 2. The van der Waals surface area contributed by atoms with Crippen LogP contribution in [0.15, 0.2) is 17.0 Å². The van der Waals surface area contributed by atoms with Crippen molar-refractivity contribution >= 4 is 15.9 Å². The van der Waals surface area contributed by atoms with Gasteiger partial charge in [0, 0.05) is 11.9 Å². The van der Waals surface area contributed by atoms with Crippen LogP contribution in [0.2, 0.25) is 0 Å². The predicted octanol–water partition coefficient (Wildman–Crippen LogP) is 4.14. The highest BCUT2D eigenvalue weighted by Gasteiger charge is 1.96. The Morgan fingerprint density at radius 2 is 1.87 bits per heavy atom. The molecule has 0 radical (unpaired) electrons. The number of hydrogen-bond acceptors (Lipinski definition) is 2. The monoisotopic (exact) mass is 270 g/mol. The number of hydrogen-bond donors (Lipinski definition) is 0. The van der Waals surface area contributed by atoms with Crippen LogP contribution in [0.5, 0.6) is 0 Å². The smallest absolute Gasteiger partial charge is 0.196 e. The van der Waals surface area contributed by atoms with Gasteiger partial charge in [-0.05, 0) is 34.8 Å². The first-order valence-corrected chi connectivity index (χ1v) is 6.59. The third-order valence-corrected chi connectivity index (χ3v) is 2.85. The lowest BCUT2D eigenvalue weighted by atomic mass is 10.1. The van der Waals surface area contributed by atoms with Gasteiger partial charge in [-0.1, -0.05) is 39.0 Å². The second-order valence-electron chi connectivity index (χ2n) is 3.83. The molecule has 3 heteroatoms. The van der Waals surface area contributed by atoms with Gasteiger partial charge in [-0.3, -0.25) is 0 Å². The van der Waals surface area contributed by atoms with Gasteiger partial charge in [0.25, 0.3) is 0 Å². The van der Waals surface area contributed by atoms with Crippen molar-refractivity contribution in [3.05, 3.63) is 22.7 Å². The SMILES string of the molecule is CCCCCCCCc1ccnc(Br)n1. The van der Waals surface area contributed by atoms with Crippen LogP contribution in [0.3, 0.4) is 0 Å². The summed E-state index contributed by atoms with van der Waals surface area (Å²) < 4.78 is 0.700. The Bertz CT molecular complexity index is 276. The molecule has 1 rings (SSSR count). The van der Waals surface area contributed by atoms with Crippen molar-refractivity contribution in [3.8, 4) is 0 Å². The highest BCUT2D eigenvalue weighted by molar-refractivity contribution is 9.10. The van der Waals surface area contributed by atoms with E-state index in [1.54, 1.807) is 0 Å². The van der Waals surface area contributed by atoms with Gasteiger partial charge in [0.2, 0.25) is 0 Å². The van der Waals surface area contributed by atoms with Gasteiger partial charge in [-0.2, -0.15) is 0 Å². The van der Waals surface area contributed by atoms with Crippen molar-refractivity contribution in [1.29, 1.82) is 0 Å². The lowest BCUT2D eigenvalue weighted by molar-refractivity contribution is 0.604. The summed E-state index contributed by atoms with van der Waals surface area (Å²) in [5.74, 6) is 0. The van der Waals surface area contributed by atoms with Crippen LogP contribution < -0.4 is 0 Å². The van der Waals surface area contributed by atoms with Crippen LogP contribution in [0.4, 0.5) is 0 Å². The topological polar surface area (TPSA) is 25.8 Å². The minimum atomic E-state index is 0.700. The molecule has 0 saturated heterocycles. The average molecular weight is 271 g/mol. The van der Waals surface area contributed by atoms with E-state index < -0.39 is 0 Å². The Morgan fingerprint density at radius 1 is 1.13 bits per heavy atom. The van der Waals surface area contributed by atoms with Crippen molar-refractivity contribution in [3.63, 3.8) is 0 Å². The Kier molecular flexibility index (Phi) is 6.57. The minimum absolute atomic E-state index is 0.700. The molecule has 0 aliphatic carbocycles. The molecule has 84 valence electrons. The van der Waals surface area contributed by atoms with Crippen LogP contribution >= 0.6 is 15.9 Å². The molecular weight excluding hydrogens is 252 g/mol. The molecule has 0 aliphatic rings. The summed E-state index contributed by atoms with van der Waals surface area (Å²) in [4.78, 5) is 8.33. The lowest BCUT2D eigenvalue weighted by Crippen LogP contribution is -1.92. The molecule has 1 aromatic rings. The molecule has 0 fully saturated rings. The summed E-state index contributed by atoms with van der Waals surface area (Å²) in [6.45, 7) is 2.25. The number of halogens is 1. The quantitative estimate of drug-likeness (QED) is 0.550. The van der Waals surface area contributed by atoms with E-state index in [0.717, 1.165) is 12.1 Å². The van der Waals surface area contributed by atoms with E-state index in [4.69, 9.17) is 0 Å². The van der Waals surface area contributed by atoms with Crippen molar-refractivity contribution < 1.29 is 0 Å². The van der Waals surface area contributed by atoms with E-state index in [-0.39, 0.29) is 0 Å². The van der Waals surface area contributed by atoms with Gasteiger partial charge in [0.05, 0.1) is 0 Å². The van der Waals surface area contributed by atoms with Crippen LogP contribution in [-0.2, 0) is 6.42 Å². The summed E-state index contributed by atoms with van der Waals surface area (Å²) in [5.41, 5.74) is 1.15. The Hall–Kier alpha value is -0.440. The second kappa shape index (κ2) is 7.80. The molecule has 0 bridgehead atoms. The summed E-state index contributed by atoms with van der Waals surface area (Å²) >= 11 is 3.28. The first kappa shape index (κ1) is 12.6. The van der Waals surface area contributed by atoms with Gasteiger partial charge in [-0.15, -0.1) is 0 Å². The van der Waals surface area contributed by atoms with Crippen LogP contribution in [0.1, 0.15) is 51.1 Å². The number of rotatable bonds is 7. The zero-order chi connectivity index (χ0) is 10.9. The molecule has 0 saturated carbocycles. The van der Waals surface area contributed by atoms with E-state index in [2.05, 4.69) is 32.8 Å². The summed E-state index contributed by atoms with van der Waals surface area (Å²) in [6, 6.07) is 2.00. The third kappa shape index (κ3) is 5.88. The fourth-order valence-electron chi connectivity index (χ4n) is 1.60. The van der Waals surface area contributed by atoms with Crippen molar-refractivity contribution in [2.75, 3.05) is 0 Å². The molecule has 0 spiro atoms. The molecular formula is C12H19BrN2. The van der Waals surface area contributed by atoms with E-state index in [0.29, 0.717) is 4.73 Å². The molecule has 1 aromatic heterocycles. The number of aryl methyl sites for hydroxylation is 1. The molecule has 0 atom stereocenters. The first-order chi connectivity index (χ1) is 7.33. The maximum atomic E-state index is 4.31. The second-order valence-corrected chi connectivity index (χ2v) is 4.54. The van der Waals surface area contributed by atoms with Crippen molar-refractivity contribution in [2.24, 2.45) is 0 Å². The Balaban J connectivity index is 2.10. The standard InChI is InChI=1S/C12H19BrN2/c1-2-3-4-5-6-7-8-11-9-10-14-12(13)15-11/h9-10H,2-8H2,1H3. The maximum absolute atomic E-state index is 4.31. The fraction of sp³-hybridized carbons (Fsp3) is 0.667. The zero-order valence-corrected chi connectivity index (χ0v) is 11.0. The lowest BCUT2D eigenvalue weighted by Gasteiger charge is -2.01. The van der Waals surface area contributed by atoms with E-state index in [1.165, 1.54) is 38.5 Å². The fourth-order valence-corrected chi connectivity index (χ4v) is 1.94. The molecule has 1 heterocycles. The highest BCUT2D eigenvalue weighted by Crippen LogP contribution is 2.09. The van der Waals surface area contributed by atoms with Gasteiger partial charge in [-0.25, -0.2) is 9.97 Å². The Labute approximate surface area is 101 Å². The largest absolute Gasteiger partial charge is 0.231 e. The maximum Gasteiger partial charge on any atom is 0.196 e. The first-order valence-electron chi connectivity index (χ1n) is 5.80. The minimum Gasteiger partial charge on any atom is -0.231 e. The average Bonchev–Trinajstić information content (AvgIpc) is 2.23. The van der Waals surface area contributed by atoms with Crippen LogP contribution in [0.25, 0.3) is 0 Å². The van der Waals surface area contributed by atoms with E-state index >= 15 is 0 Å². The molecule has 0 N–H and O–H groups in total. The number of unbranched alkanes of at least 4 members (excludes halogenated alkanes) is 5. The van der Waals surface area contributed by atoms with Crippen LogP contribution in [-0.4, -0.2) is 9.97 Å². The van der Waals surface area contributed by atoms with Crippen LogP contribution in [0, 0.1) is 0 Å². The summed E-state index contributed by atoms with van der Waals surface area (Å²) in [7, 11) is 0. The van der Waals surface area contributed by atoms with E-state index in [9.17, 15) is 0 Å². The number of nitrogens with zero attached hydrogens (tertiary/aromatic N) is 2. The summed E-state index contributed by atoms with van der Waals surface area (Å²) in [6.07, 6.45) is 10.9. The molecule has 15 heavy (non-hydrogen) atoms. The molecule has 0 aromatic carbocycles. The normalized spacial score (nSPS) is 10.5. The Morgan fingerprint density at radius 3 is 2.60 bits per heavy atom. The van der Waals surface area contributed by atoms with E-state index in [1.807, 2.05) is 12.3 Å². The highest BCUT2D eigenvalue weighted by atomic mass is 79.9.